The number of hydrogen-bond donors (Lipinski definition) is 1. The molecule has 6 rings (SSSR count). The number of piperazine rings is 1. The van der Waals surface area contributed by atoms with E-state index in [1.807, 2.05) is 36.5 Å². The minimum absolute atomic E-state index is 0.278. The van der Waals surface area contributed by atoms with Crippen LogP contribution < -0.4 is 4.90 Å². The molecule has 2 fully saturated rings. The molecule has 0 saturated carbocycles. The predicted octanol–water partition coefficient (Wildman–Crippen LogP) is 4.44. The molecule has 4 aromatic rings. The zero-order valence-electron chi connectivity index (χ0n) is 17.0. The number of likely N-dealkylation sites (N-methyl/N-ethyl adjacent to an activating group) is 1. The van der Waals surface area contributed by atoms with Crippen molar-refractivity contribution in [2.45, 2.75) is 24.9 Å². The van der Waals surface area contributed by atoms with E-state index >= 15 is 0 Å². The maximum atomic E-state index is 10.2. The zero-order chi connectivity index (χ0) is 20.2. The van der Waals surface area contributed by atoms with Crippen molar-refractivity contribution in [3.63, 3.8) is 0 Å². The van der Waals surface area contributed by atoms with Gasteiger partial charge >= 0.3 is 0 Å². The minimum atomic E-state index is 0.278. The zero-order valence-corrected chi connectivity index (χ0v) is 17.0. The first-order chi connectivity index (χ1) is 14.7. The SMILES string of the molecule is CN1[C@@H]2CC[C@H]1CN(c1ncc3ccc(-c4cc(O)cc5ccccc45)cc3n1)C2. The molecule has 3 aromatic carbocycles. The number of rotatable bonds is 2. The average Bonchev–Trinajstić information content (AvgIpc) is 2.98. The van der Waals surface area contributed by atoms with Crippen LogP contribution in [0.25, 0.3) is 32.8 Å². The number of benzene rings is 3. The molecule has 0 aliphatic carbocycles. The summed E-state index contributed by atoms with van der Waals surface area (Å²) in [5.74, 6) is 1.10. The highest BCUT2D eigenvalue weighted by Crippen LogP contribution is 2.34. The summed E-state index contributed by atoms with van der Waals surface area (Å²) >= 11 is 0. The van der Waals surface area contributed by atoms with Crippen molar-refractivity contribution in [3.8, 4) is 16.9 Å². The number of anilines is 1. The van der Waals surface area contributed by atoms with Gasteiger partial charge in [-0.05, 0) is 60.0 Å². The number of aromatic nitrogens is 2. The second-order valence-electron chi connectivity index (χ2n) is 8.61. The van der Waals surface area contributed by atoms with Gasteiger partial charge in [0.1, 0.15) is 5.75 Å². The molecule has 2 aliphatic rings. The molecule has 5 nitrogen and oxygen atoms in total. The summed E-state index contributed by atoms with van der Waals surface area (Å²) in [5.41, 5.74) is 3.01. The Hall–Kier alpha value is -3.18. The molecule has 1 N–H and O–H groups in total. The molecule has 5 heteroatoms. The Kier molecular flexibility index (Phi) is 3.93. The summed E-state index contributed by atoms with van der Waals surface area (Å²) in [6, 6.07) is 19.3. The van der Waals surface area contributed by atoms with E-state index in [9.17, 15) is 5.11 Å². The highest BCUT2D eigenvalue weighted by Gasteiger charge is 2.38. The summed E-state index contributed by atoms with van der Waals surface area (Å²) in [6.45, 7) is 1.99. The van der Waals surface area contributed by atoms with Crippen LogP contribution in [0, 0.1) is 0 Å². The lowest BCUT2D eigenvalue weighted by atomic mass is 9.97. The minimum Gasteiger partial charge on any atom is -0.508 e. The van der Waals surface area contributed by atoms with E-state index in [1.54, 1.807) is 0 Å². The van der Waals surface area contributed by atoms with Crippen molar-refractivity contribution >= 4 is 27.6 Å². The molecule has 0 radical (unpaired) electrons. The number of nitrogens with zero attached hydrogens (tertiary/aromatic N) is 4. The molecule has 3 heterocycles. The standard InChI is InChI=1S/C25H24N4O/c1-28-19-8-9-20(28)15-29(14-19)25-26-13-18-7-6-17(11-24(18)27-25)23-12-21(30)10-16-4-2-3-5-22(16)23/h2-7,10-13,19-20,30H,8-9,14-15H2,1H3/t19-,20+. The van der Waals surface area contributed by atoms with Crippen LogP contribution in [-0.4, -0.2) is 52.2 Å². The van der Waals surface area contributed by atoms with Crippen LogP contribution >= 0.6 is 0 Å². The molecule has 30 heavy (non-hydrogen) atoms. The van der Waals surface area contributed by atoms with E-state index in [1.165, 1.54) is 12.8 Å². The second-order valence-corrected chi connectivity index (χ2v) is 8.61. The third-order valence-corrected chi connectivity index (χ3v) is 6.86. The first-order valence-electron chi connectivity index (χ1n) is 10.6. The number of phenols is 1. The number of fused-ring (bicyclic) bond motifs is 4. The number of hydrogen-bond acceptors (Lipinski definition) is 5. The van der Waals surface area contributed by atoms with Crippen LogP contribution in [0.5, 0.6) is 5.75 Å². The fourth-order valence-electron chi connectivity index (χ4n) is 5.14. The van der Waals surface area contributed by atoms with Gasteiger partial charge in [0.2, 0.25) is 5.95 Å². The first kappa shape index (κ1) is 17.7. The van der Waals surface area contributed by atoms with Crippen LogP contribution in [0.1, 0.15) is 12.8 Å². The highest BCUT2D eigenvalue weighted by molar-refractivity contribution is 5.99. The molecule has 0 spiro atoms. The topological polar surface area (TPSA) is 52.5 Å². The molecule has 2 atom stereocenters. The molecule has 150 valence electrons. The van der Waals surface area contributed by atoms with E-state index in [0.29, 0.717) is 12.1 Å². The van der Waals surface area contributed by atoms with Gasteiger partial charge in [-0.1, -0.05) is 36.4 Å². The van der Waals surface area contributed by atoms with Crippen LogP contribution in [0.3, 0.4) is 0 Å². The smallest absolute Gasteiger partial charge is 0.225 e. The van der Waals surface area contributed by atoms with Crippen molar-refractivity contribution in [2.24, 2.45) is 0 Å². The van der Waals surface area contributed by atoms with Gasteiger partial charge in [0.15, 0.2) is 0 Å². The van der Waals surface area contributed by atoms with E-state index in [4.69, 9.17) is 4.98 Å². The number of phenolic OH excluding ortho intramolecular Hbond substituents is 1. The van der Waals surface area contributed by atoms with Crippen molar-refractivity contribution in [2.75, 3.05) is 25.0 Å². The second kappa shape index (κ2) is 6.67. The van der Waals surface area contributed by atoms with Crippen LogP contribution in [-0.2, 0) is 0 Å². The van der Waals surface area contributed by atoms with Crippen LogP contribution in [0.15, 0.2) is 60.8 Å². The third kappa shape index (κ3) is 2.81. The van der Waals surface area contributed by atoms with E-state index in [-0.39, 0.29) is 5.75 Å². The fraction of sp³-hybridized carbons (Fsp3) is 0.280. The van der Waals surface area contributed by atoms with Gasteiger partial charge in [0.05, 0.1) is 5.52 Å². The maximum absolute atomic E-state index is 10.2. The molecule has 1 aromatic heterocycles. The van der Waals surface area contributed by atoms with Crippen LogP contribution in [0.4, 0.5) is 5.95 Å². The summed E-state index contributed by atoms with van der Waals surface area (Å²) < 4.78 is 0. The van der Waals surface area contributed by atoms with Crippen molar-refractivity contribution < 1.29 is 5.11 Å². The molecule has 2 saturated heterocycles. The molecular weight excluding hydrogens is 372 g/mol. The lowest BCUT2D eigenvalue weighted by Gasteiger charge is -2.38. The van der Waals surface area contributed by atoms with E-state index < -0.39 is 0 Å². The quantitative estimate of drug-likeness (QED) is 0.543. The Balaban J connectivity index is 1.43. The Labute approximate surface area is 175 Å². The van der Waals surface area contributed by atoms with Gasteiger partial charge in [0.25, 0.3) is 0 Å². The van der Waals surface area contributed by atoms with E-state index in [0.717, 1.165) is 51.8 Å². The summed E-state index contributed by atoms with van der Waals surface area (Å²) in [6.07, 6.45) is 4.46. The average molecular weight is 396 g/mol. The summed E-state index contributed by atoms with van der Waals surface area (Å²) in [7, 11) is 2.24. The Bertz CT molecular complexity index is 1260. The Morgan fingerprint density at radius 2 is 1.73 bits per heavy atom. The molecule has 0 unspecified atom stereocenters. The summed E-state index contributed by atoms with van der Waals surface area (Å²) in [5, 5.41) is 13.4. The van der Waals surface area contributed by atoms with Crippen molar-refractivity contribution in [1.82, 2.24) is 14.9 Å². The van der Waals surface area contributed by atoms with Gasteiger partial charge in [-0.25, -0.2) is 9.97 Å². The van der Waals surface area contributed by atoms with Crippen molar-refractivity contribution in [1.29, 1.82) is 0 Å². The summed E-state index contributed by atoms with van der Waals surface area (Å²) in [4.78, 5) is 14.5. The van der Waals surface area contributed by atoms with Gasteiger partial charge < -0.3 is 10.0 Å². The largest absolute Gasteiger partial charge is 0.508 e. The van der Waals surface area contributed by atoms with Gasteiger partial charge in [0, 0.05) is 36.8 Å². The molecule has 2 aliphatic heterocycles. The van der Waals surface area contributed by atoms with Gasteiger partial charge in [-0.15, -0.1) is 0 Å². The monoisotopic (exact) mass is 396 g/mol. The van der Waals surface area contributed by atoms with Gasteiger partial charge in [-0.2, -0.15) is 0 Å². The molecule has 0 amide bonds. The number of aromatic hydroxyl groups is 1. The maximum Gasteiger partial charge on any atom is 0.225 e. The molecular formula is C25H24N4O. The third-order valence-electron chi connectivity index (χ3n) is 6.86. The van der Waals surface area contributed by atoms with Crippen molar-refractivity contribution in [3.05, 3.63) is 60.8 Å². The van der Waals surface area contributed by atoms with E-state index in [2.05, 4.69) is 46.1 Å². The van der Waals surface area contributed by atoms with Gasteiger partial charge in [-0.3, -0.25) is 4.90 Å². The predicted molar refractivity (Wildman–Crippen MR) is 121 cm³/mol. The Morgan fingerprint density at radius 1 is 0.933 bits per heavy atom. The normalized spacial score (nSPS) is 21.6. The Morgan fingerprint density at radius 3 is 2.57 bits per heavy atom. The highest BCUT2D eigenvalue weighted by atomic mass is 16.3. The first-order valence-corrected chi connectivity index (χ1v) is 10.6. The fourth-order valence-corrected chi connectivity index (χ4v) is 5.14. The lowest BCUT2D eigenvalue weighted by Crippen LogP contribution is -2.52. The van der Waals surface area contributed by atoms with Crippen LogP contribution in [0.2, 0.25) is 0 Å². The lowest BCUT2D eigenvalue weighted by molar-refractivity contribution is 0.211. The molecule has 2 bridgehead atoms.